The summed E-state index contributed by atoms with van der Waals surface area (Å²) >= 11 is 0. The van der Waals surface area contributed by atoms with E-state index in [1.54, 1.807) is 13.2 Å². The molecule has 1 saturated heterocycles. The molecule has 0 N–H and O–H groups in total. The van der Waals surface area contributed by atoms with E-state index in [1.807, 2.05) is 18.2 Å². The predicted octanol–water partition coefficient (Wildman–Crippen LogP) is 4.54. The number of benzene rings is 1. The summed E-state index contributed by atoms with van der Waals surface area (Å²) in [5, 5.41) is 3.40. The maximum atomic E-state index is 12.6. The summed E-state index contributed by atoms with van der Waals surface area (Å²) in [5.41, 5.74) is 2.53. The first kappa shape index (κ1) is 20.3. The molecule has 0 saturated carbocycles. The normalized spacial score (nSPS) is 17.8. The number of piperidine rings is 1. The molecule has 30 heavy (non-hydrogen) atoms. The van der Waals surface area contributed by atoms with Crippen LogP contribution in [0.15, 0.2) is 47.1 Å². The van der Waals surface area contributed by atoms with Crippen LogP contribution in [0.4, 0.5) is 13.2 Å². The lowest BCUT2D eigenvalue weighted by Crippen LogP contribution is -2.34. The molecule has 0 amide bonds. The number of halogens is 3. The van der Waals surface area contributed by atoms with Gasteiger partial charge in [-0.25, -0.2) is 0 Å². The standard InChI is InChI=1S/C21H21F3N4O2/c1-29-17-7-4-14(5-8-17)12-28-10-2-3-16(13-28)18-9-6-15(11-25-18)19-26-20(30-27-19)21(22,23)24/h4-9,11,16H,2-3,10,12-13H2,1H3. The van der Waals surface area contributed by atoms with Gasteiger partial charge in [-0.15, -0.1) is 0 Å². The summed E-state index contributed by atoms with van der Waals surface area (Å²) in [5.74, 6) is -0.375. The third kappa shape index (κ3) is 4.62. The lowest BCUT2D eigenvalue weighted by Gasteiger charge is -2.32. The number of ether oxygens (including phenoxy) is 1. The molecule has 1 atom stereocenters. The van der Waals surface area contributed by atoms with Gasteiger partial charge >= 0.3 is 12.1 Å². The zero-order chi connectivity index (χ0) is 21.1. The topological polar surface area (TPSA) is 64.3 Å². The van der Waals surface area contributed by atoms with Crippen molar-refractivity contribution in [3.63, 3.8) is 0 Å². The minimum atomic E-state index is -4.66. The second-order valence-electron chi connectivity index (χ2n) is 7.31. The van der Waals surface area contributed by atoms with Crippen LogP contribution in [0, 0.1) is 0 Å². The Morgan fingerprint density at radius 1 is 1.17 bits per heavy atom. The number of hydrogen-bond donors (Lipinski definition) is 0. The Bertz CT molecular complexity index is 971. The van der Waals surface area contributed by atoms with Crippen molar-refractivity contribution in [2.24, 2.45) is 0 Å². The number of alkyl halides is 3. The molecule has 0 spiro atoms. The first-order chi connectivity index (χ1) is 14.4. The summed E-state index contributed by atoms with van der Waals surface area (Å²) in [4.78, 5) is 10.3. The van der Waals surface area contributed by atoms with Crippen LogP contribution in [-0.2, 0) is 12.7 Å². The van der Waals surface area contributed by atoms with Gasteiger partial charge in [0.05, 0.1) is 7.11 Å². The zero-order valence-electron chi connectivity index (χ0n) is 16.4. The highest BCUT2D eigenvalue weighted by atomic mass is 19.4. The van der Waals surface area contributed by atoms with Crippen LogP contribution in [0.3, 0.4) is 0 Å². The van der Waals surface area contributed by atoms with Crippen molar-refractivity contribution in [1.82, 2.24) is 20.0 Å². The van der Waals surface area contributed by atoms with E-state index in [0.717, 1.165) is 43.9 Å². The van der Waals surface area contributed by atoms with E-state index in [1.165, 1.54) is 11.8 Å². The molecule has 0 radical (unpaired) electrons. The van der Waals surface area contributed by atoms with Crippen molar-refractivity contribution in [2.45, 2.75) is 31.5 Å². The largest absolute Gasteiger partial charge is 0.497 e. The number of nitrogens with zero attached hydrogens (tertiary/aromatic N) is 4. The fourth-order valence-corrected chi connectivity index (χ4v) is 3.66. The summed E-state index contributed by atoms with van der Waals surface area (Å²) in [6.07, 6.45) is -1.08. The molecule has 0 aliphatic carbocycles. The van der Waals surface area contributed by atoms with Crippen LogP contribution in [0.1, 0.15) is 35.9 Å². The van der Waals surface area contributed by atoms with Gasteiger partial charge in [0.15, 0.2) is 0 Å². The van der Waals surface area contributed by atoms with Crippen molar-refractivity contribution in [1.29, 1.82) is 0 Å². The van der Waals surface area contributed by atoms with Crippen molar-refractivity contribution in [3.8, 4) is 17.1 Å². The third-order valence-corrected chi connectivity index (χ3v) is 5.20. The van der Waals surface area contributed by atoms with Crippen LogP contribution in [0.5, 0.6) is 5.75 Å². The molecule has 3 aromatic rings. The molecule has 9 heteroatoms. The first-order valence-electron chi connectivity index (χ1n) is 9.65. The molecule has 0 bridgehead atoms. The SMILES string of the molecule is COc1ccc(CN2CCCC(c3ccc(-c4noc(C(F)(F)F)n4)cn3)C2)cc1. The van der Waals surface area contributed by atoms with Crippen molar-refractivity contribution < 1.29 is 22.4 Å². The molecule has 1 aliphatic heterocycles. The number of methoxy groups -OCH3 is 1. The highest BCUT2D eigenvalue weighted by molar-refractivity contribution is 5.52. The number of likely N-dealkylation sites (tertiary alicyclic amines) is 1. The van der Waals surface area contributed by atoms with Gasteiger partial charge in [0.1, 0.15) is 5.75 Å². The van der Waals surface area contributed by atoms with Crippen LogP contribution >= 0.6 is 0 Å². The minimum Gasteiger partial charge on any atom is -0.497 e. The van der Waals surface area contributed by atoms with Crippen molar-refractivity contribution in [3.05, 3.63) is 59.7 Å². The molecule has 2 aromatic heterocycles. The maximum absolute atomic E-state index is 12.6. The van der Waals surface area contributed by atoms with E-state index in [4.69, 9.17) is 4.74 Å². The van der Waals surface area contributed by atoms with Crippen LogP contribution < -0.4 is 4.74 Å². The molecule has 1 aliphatic rings. The average Bonchev–Trinajstić information content (AvgIpc) is 3.26. The van der Waals surface area contributed by atoms with Gasteiger partial charge in [-0.2, -0.15) is 18.2 Å². The maximum Gasteiger partial charge on any atom is 0.471 e. The summed E-state index contributed by atoms with van der Waals surface area (Å²) < 4.78 is 47.4. The molecular formula is C21H21F3N4O2. The smallest absolute Gasteiger partial charge is 0.471 e. The number of aromatic nitrogens is 3. The second-order valence-corrected chi connectivity index (χ2v) is 7.31. The van der Waals surface area contributed by atoms with Gasteiger partial charge < -0.3 is 9.26 Å². The van der Waals surface area contributed by atoms with E-state index < -0.39 is 12.1 Å². The molecule has 1 fully saturated rings. The molecule has 6 nitrogen and oxygen atoms in total. The molecule has 1 unspecified atom stereocenters. The lowest BCUT2D eigenvalue weighted by atomic mass is 9.93. The predicted molar refractivity (Wildman–Crippen MR) is 103 cm³/mol. The van der Waals surface area contributed by atoms with E-state index in [0.29, 0.717) is 5.56 Å². The second kappa shape index (κ2) is 8.43. The Hall–Kier alpha value is -2.94. The fraction of sp³-hybridized carbons (Fsp3) is 0.381. The molecule has 158 valence electrons. The van der Waals surface area contributed by atoms with Gasteiger partial charge in [-0.3, -0.25) is 9.88 Å². The fourth-order valence-electron chi connectivity index (χ4n) is 3.66. The Morgan fingerprint density at radius 2 is 1.97 bits per heavy atom. The van der Waals surface area contributed by atoms with Crippen molar-refractivity contribution in [2.75, 3.05) is 20.2 Å². The van der Waals surface area contributed by atoms with Crippen LogP contribution in [-0.4, -0.2) is 40.2 Å². The van der Waals surface area contributed by atoms with Gasteiger partial charge in [0.2, 0.25) is 5.82 Å². The minimum absolute atomic E-state index is 0.119. The van der Waals surface area contributed by atoms with Crippen molar-refractivity contribution >= 4 is 0 Å². The van der Waals surface area contributed by atoms with Gasteiger partial charge in [0.25, 0.3) is 0 Å². The van der Waals surface area contributed by atoms with E-state index in [2.05, 4.69) is 36.7 Å². The van der Waals surface area contributed by atoms with E-state index in [9.17, 15) is 13.2 Å². The van der Waals surface area contributed by atoms with Gasteiger partial charge in [-0.05, 0) is 49.2 Å². The van der Waals surface area contributed by atoms with Gasteiger partial charge in [-0.1, -0.05) is 17.3 Å². The Labute approximate surface area is 171 Å². The summed E-state index contributed by atoms with van der Waals surface area (Å²) in [6, 6.07) is 11.6. The zero-order valence-corrected chi connectivity index (χ0v) is 16.4. The highest BCUT2D eigenvalue weighted by Crippen LogP contribution is 2.30. The molecule has 1 aromatic carbocycles. The average molecular weight is 418 g/mol. The summed E-state index contributed by atoms with van der Waals surface area (Å²) in [7, 11) is 1.65. The van der Waals surface area contributed by atoms with E-state index >= 15 is 0 Å². The van der Waals surface area contributed by atoms with Crippen LogP contribution in [0.2, 0.25) is 0 Å². The molecule has 4 rings (SSSR count). The first-order valence-corrected chi connectivity index (χ1v) is 9.65. The molecule has 3 heterocycles. The summed E-state index contributed by atoms with van der Waals surface area (Å²) in [6.45, 7) is 2.74. The van der Waals surface area contributed by atoms with Gasteiger partial charge in [0, 0.05) is 36.5 Å². The highest BCUT2D eigenvalue weighted by Gasteiger charge is 2.38. The number of hydrogen-bond acceptors (Lipinski definition) is 6. The number of pyridine rings is 1. The quantitative estimate of drug-likeness (QED) is 0.606. The Kier molecular flexibility index (Phi) is 5.72. The van der Waals surface area contributed by atoms with E-state index in [-0.39, 0.29) is 11.7 Å². The van der Waals surface area contributed by atoms with Crippen LogP contribution in [0.25, 0.3) is 11.4 Å². The Balaban J connectivity index is 1.41. The monoisotopic (exact) mass is 418 g/mol. The Morgan fingerprint density at radius 3 is 2.60 bits per heavy atom. The third-order valence-electron chi connectivity index (χ3n) is 5.20. The lowest BCUT2D eigenvalue weighted by molar-refractivity contribution is -0.159. The number of rotatable bonds is 5. The molecular weight excluding hydrogens is 397 g/mol.